The fraction of sp³-hybridized carbons (Fsp3) is 0.591. The van der Waals surface area contributed by atoms with Crippen LogP contribution in [0.4, 0.5) is 0 Å². The van der Waals surface area contributed by atoms with E-state index in [1.807, 2.05) is 12.1 Å². The largest absolute Gasteiger partial charge is 0.504 e. The molecule has 32 heavy (non-hydrogen) atoms. The predicted octanol–water partition coefficient (Wildman–Crippen LogP) is -1.23. The molecule has 0 aromatic heterocycles. The highest BCUT2D eigenvalue weighted by Crippen LogP contribution is 2.61. The number of phenolic OH excluding ortho intramolecular Hbond substituents is 1. The van der Waals surface area contributed by atoms with Crippen LogP contribution in [0, 0.1) is 5.92 Å². The normalized spacial score (nSPS) is 45.8. The van der Waals surface area contributed by atoms with Crippen molar-refractivity contribution in [1.29, 1.82) is 0 Å². The highest BCUT2D eigenvalue weighted by atomic mass is 16.7. The van der Waals surface area contributed by atoms with E-state index in [1.165, 1.54) is 0 Å². The molecule has 10 nitrogen and oxygen atoms in total. The minimum absolute atomic E-state index is 0.0560. The molecule has 3 heterocycles. The van der Waals surface area contributed by atoms with Crippen molar-refractivity contribution in [2.45, 2.75) is 67.2 Å². The number of phenols is 1. The van der Waals surface area contributed by atoms with E-state index in [1.54, 1.807) is 6.07 Å². The number of aliphatic hydroxyl groups is 3. The summed E-state index contributed by atoms with van der Waals surface area (Å²) in [7, 11) is 0. The highest BCUT2D eigenvalue weighted by molar-refractivity contribution is 5.73. The second-order valence-electron chi connectivity index (χ2n) is 9.29. The van der Waals surface area contributed by atoms with Gasteiger partial charge in [0.05, 0.1) is 0 Å². The Hall–Kier alpha value is -2.21. The summed E-state index contributed by atoms with van der Waals surface area (Å²) in [6.45, 7) is 0.769. The maximum Gasteiger partial charge on any atom is 0.335 e. The maximum absolute atomic E-state index is 11.4. The van der Waals surface area contributed by atoms with Crippen molar-refractivity contribution in [2.75, 3.05) is 6.54 Å². The number of nitrogens with one attached hydrogen (secondary N) is 1. The van der Waals surface area contributed by atoms with E-state index < -0.39 is 54.3 Å². The average Bonchev–Trinajstić information content (AvgIpc) is 3.11. The van der Waals surface area contributed by atoms with Crippen LogP contribution in [-0.4, -0.2) is 87.0 Å². The number of carboxylic acids is 1. The molecule has 10 heteroatoms. The maximum atomic E-state index is 11.4. The lowest BCUT2D eigenvalue weighted by atomic mass is 9.53. The standard InChI is InChI=1S/C22H25NO9/c24-11-3-1-8-7-10-9-2-4-12(19-22(9,5-6-23-10)13(8)17(11)31-19)30-21-16(27)14(25)15(26)18(32-21)20(28)29/h1-4,9-10,12,14-16,18-19,21,23-27H,5-7H2,(H,28,29)/t9-,10+,12-,14-,15-,16-,18+,19-,21+,22-/m0/s1. The molecule has 2 fully saturated rings. The minimum atomic E-state index is -1.79. The zero-order valence-corrected chi connectivity index (χ0v) is 17.0. The molecule has 6 N–H and O–H groups in total. The van der Waals surface area contributed by atoms with E-state index in [9.17, 15) is 30.3 Å². The van der Waals surface area contributed by atoms with Gasteiger partial charge in [-0.2, -0.15) is 0 Å². The second kappa shape index (κ2) is 6.89. The van der Waals surface area contributed by atoms with E-state index in [-0.39, 0.29) is 17.7 Å². The van der Waals surface area contributed by atoms with Gasteiger partial charge in [-0.15, -0.1) is 0 Å². The average molecular weight is 447 g/mol. The van der Waals surface area contributed by atoms with E-state index in [4.69, 9.17) is 14.2 Å². The van der Waals surface area contributed by atoms with Crippen molar-refractivity contribution >= 4 is 5.97 Å². The molecule has 5 aliphatic rings. The first-order chi connectivity index (χ1) is 15.3. The Morgan fingerprint density at radius 3 is 2.75 bits per heavy atom. The number of hydrogen-bond acceptors (Lipinski definition) is 9. The van der Waals surface area contributed by atoms with Crippen LogP contribution in [0.5, 0.6) is 11.5 Å². The lowest BCUT2D eigenvalue weighted by Gasteiger charge is -2.54. The van der Waals surface area contributed by atoms with E-state index >= 15 is 0 Å². The molecular formula is C22H25NO9. The lowest BCUT2D eigenvalue weighted by Crippen LogP contribution is -2.66. The van der Waals surface area contributed by atoms with Gasteiger partial charge in [-0.05, 0) is 31.0 Å². The van der Waals surface area contributed by atoms with Crippen LogP contribution in [-0.2, 0) is 26.1 Å². The van der Waals surface area contributed by atoms with Crippen molar-refractivity contribution in [1.82, 2.24) is 5.32 Å². The molecule has 2 aliphatic carbocycles. The highest BCUT2D eigenvalue weighted by Gasteiger charge is 2.64. The Balaban J connectivity index is 1.37. The third-order valence-corrected chi connectivity index (χ3v) is 7.77. The number of aromatic hydroxyl groups is 1. The summed E-state index contributed by atoms with van der Waals surface area (Å²) in [4.78, 5) is 11.4. The molecule has 0 amide bonds. The number of benzene rings is 1. The van der Waals surface area contributed by atoms with E-state index in [0.29, 0.717) is 5.75 Å². The number of aliphatic carboxylic acids is 1. The number of hydrogen-bond donors (Lipinski definition) is 6. The summed E-state index contributed by atoms with van der Waals surface area (Å²) in [5.41, 5.74) is 1.66. The quantitative estimate of drug-likeness (QED) is 0.310. The first-order valence-corrected chi connectivity index (χ1v) is 10.8. The van der Waals surface area contributed by atoms with Gasteiger partial charge in [0.1, 0.15) is 30.5 Å². The molecule has 0 saturated carbocycles. The van der Waals surface area contributed by atoms with Gasteiger partial charge >= 0.3 is 5.97 Å². The molecule has 2 saturated heterocycles. The molecule has 0 unspecified atom stereocenters. The summed E-state index contributed by atoms with van der Waals surface area (Å²) in [5, 5.41) is 53.9. The molecular weight excluding hydrogens is 422 g/mol. The van der Waals surface area contributed by atoms with Crippen molar-refractivity contribution < 1.29 is 44.5 Å². The SMILES string of the molecule is O=C(O)[C@@H]1O[C@@H](O[C@H]2C=C[C@H]3[C@H]4Cc5ccc(O)c6c5[C@@]3(CCN4)[C@H]2O6)[C@@H](O)[C@@H](O)[C@@H]1O. The van der Waals surface area contributed by atoms with Crippen LogP contribution < -0.4 is 10.1 Å². The molecule has 10 atom stereocenters. The Morgan fingerprint density at radius 1 is 1.16 bits per heavy atom. The minimum Gasteiger partial charge on any atom is -0.504 e. The molecule has 3 aliphatic heterocycles. The zero-order valence-electron chi connectivity index (χ0n) is 17.0. The molecule has 2 bridgehead atoms. The number of piperidine rings is 1. The molecule has 6 rings (SSSR count). The van der Waals surface area contributed by atoms with Gasteiger partial charge in [-0.1, -0.05) is 18.2 Å². The van der Waals surface area contributed by atoms with E-state index in [0.717, 1.165) is 30.5 Å². The van der Waals surface area contributed by atoms with Crippen LogP contribution in [0.3, 0.4) is 0 Å². The van der Waals surface area contributed by atoms with Gasteiger partial charge in [0.25, 0.3) is 0 Å². The number of carbonyl (C=O) groups is 1. The lowest BCUT2D eigenvalue weighted by molar-refractivity contribution is -0.307. The van der Waals surface area contributed by atoms with Gasteiger partial charge in [0, 0.05) is 22.9 Å². The van der Waals surface area contributed by atoms with Crippen LogP contribution in [0.1, 0.15) is 17.5 Å². The number of rotatable bonds is 3. The van der Waals surface area contributed by atoms with E-state index in [2.05, 4.69) is 11.4 Å². The summed E-state index contributed by atoms with van der Waals surface area (Å²) in [6.07, 6.45) is -4.26. The molecule has 1 spiro atoms. The fourth-order valence-corrected chi connectivity index (χ4v) is 6.40. The Kier molecular flexibility index (Phi) is 4.40. The summed E-state index contributed by atoms with van der Waals surface area (Å²) < 4.78 is 17.6. The molecule has 0 radical (unpaired) electrons. The number of aliphatic hydroxyl groups excluding tert-OH is 3. The van der Waals surface area contributed by atoms with Crippen LogP contribution in [0.25, 0.3) is 0 Å². The third kappa shape index (κ3) is 2.53. The van der Waals surface area contributed by atoms with Gasteiger partial charge in [0.15, 0.2) is 23.9 Å². The van der Waals surface area contributed by atoms with Crippen molar-refractivity contribution in [3.05, 3.63) is 35.4 Å². The van der Waals surface area contributed by atoms with Crippen LogP contribution in [0.15, 0.2) is 24.3 Å². The van der Waals surface area contributed by atoms with Crippen molar-refractivity contribution in [2.24, 2.45) is 5.92 Å². The summed E-state index contributed by atoms with van der Waals surface area (Å²) >= 11 is 0. The molecule has 1 aromatic rings. The first-order valence-electron chi connectivity index (χ1n) is 10.8. The van der Waals surface area contributed by atoms with Crippen molar-refractivity contribution in [3.8, 4) is 11.5 Å². The monoisotopic (exact) mass is 447 g/mol. The van der Waals surface area contributed by atoms with Gasteiger partial charge in [-0.3, -0.25) is 0 Å². The van der Waals surface area contributed by atoms with Gasteiger partial charge in [0.2, 0.25) is 0 Å². The number of carboxylic acid groups (broad SMARTS) is 1. The molecule has 1 aromatic carbocycles. The second-order valence-corrected chi connectivity index (χ2v) is 9.29. The first kappa shape index (κ1) is 20.4. The van der Waals surface area contributed by atoms with Crippen LogP contribution >= 0.6 is 0 Å². The molecule has 172 valence electrons. The fourth-order valence-electron chi connectivity index (χ4n) is 6.40. The Labute approximate surface area is 183 Å². The Morgan fingerprint density at radius 2 is 1.97 bits per heavy atom. The number of ether oxygens (including phenoxy) is 3. The summed E-state index contributed by atoms with van der Waals surface area (Å²) in [5.74, 6) is -0.852. The van der Waals surface area contributed by atoms with Gasteiger partial charge in [-0.25, -0.2) is 4.79 Å². The van der Waals surface area contributed by atoms with Crippen LogP contribution in [0.2, 0.25) is 0 Å². The third-order valence-electron chi connectivity index (χ3n) is 7.77. The van der Waals surface area contributed by atoms with Gasteiger partial charge < -0.3 is 45.1 Å². The smallest absolute Gasteiger partial charge is 0.335 e. The topological polar surface area (TPSA) is 158 Å². The Bertz CT molecular complexity index is 998. The predicted molar refractivity (Wildman–Crippen MR) is 106 cm³/mol. The van der Waals surface area contributed by atoms with Crippen molar-refractivity contribution in [3.63, 3.8) is 0 Å². The zero-order chi connectivity index (χ0) is 22.4. The summed E-state index contributed by atoms with van der Waals surface area (Å²) in [6, 6.07) is 3.76.